The number of unbranched alkanes of at least 4 members (excludes halogenated alkanes) is 6. The molecule has 0 aliphatic rings. The van der Waals surface area contributed by atoms with Gasteiger partial charge in [-0.2, -0.15) is 0 Å². The molecule has 0 fully saturated rings. The van der Waals surface area contributed by atoms with Crippen molar-refractivity contribution >= 4 is 5.97 Å². The van der Waals surface area contributed by atoms with Gasteiger partial charge in [-0.3, -0.25) is 4.79 Å². The summed E-state index contributed by atoms with van der Waals surface area (Å²) >= 11 is 0. The Labute approximate surface area is 169 Å². The summed E-state index contributed by atoms with van der Waals surface area (Å²) in [6, 6.07) is 0. The summed E-state index contributed by atoms with van der Waals surface area (Å²) in [6.07, 6.45) is 28.6. The first-order valence-electron chi connectivity index (χ1n) is 11.4. The average Bonchev–Trinajstić information content (AvgIpc) is 2.67. The van der Waals surface area contributed by atoms with Crippen molar-refractivity contribution in [1.82, 2.24) is 0 Å². The molecule has 0 saturated carbocycles. The third kappa shape index (κ3) is 17.8. The highest BCUT2D eigenvalue weighted by Crippen LogP contribution is 2.18. The van der Waals surface area contributed by atoms with E-state index in [1.807, 2.05) is 6.92 Å². The second-order valence-electron chi connectivity index (χ2n) is 7.23. The zero-order valence-electron chi connectivity index (χ0n) is 18.3. The van der Waals surface area contributed by atoms with Crippen molar-refractivity contribution < 1.29 is 9.53 Å². The minimum Gasteiger partial charge on any atom is -0.466 e. The first-order valence-corrected chi connectivity index (χ1v) is 11.4. The van der Waals surface area contributed by atoms with Crippen molar-refractivity contribution in [3.05, 3.63) is 36.5 Å². The Morgan fingerprint density at radius 2 is 1.33 bits per heavy atom. The van der Waals surface area contributed by atoms with E-state index in [1.54, 1.807) is 0 Å². The Morgan fingerprint density at radius 3 is 1.96 bits per heavy atom. The molecule has 0 rings (SSSR count). The molecule has 1 atom stereocenters. The predicted octanol–water partition coefficient (Wildman–Crippen LogP) is 7.95. The molecule has 0 aromatic carbocycles. The Hall–Kier alpha value is -1.31. The van der Waals surface area contributed by atoms with Crippen LogP contribution in [0.5, 0.6) is 0 Å². The standard InChI is InChI=1S/C25H44O2/c1-4-7-8-9-10-11-12-13-14-15-16-17-18-19-20-21-23-24(22-5-2)25(26)27-6-3/h7-8,10-11,13-14,24H,4-6,9,12,15-23H2,1-3H3. The van der Waals surface area contributed by atoms with Gasteiger partial charge >= 0.3 is 5.97 Å². The smallest absolute Gasteiger partial charge is 0.308 e. The number of carbonyl (C=O) groups is 1. The van der Waals surface area contributed by atoms with Crippen molar-refractivity contribution in [2.24, 2.45) is 5.92 Å². The van der Waals surface area contributed by atoms with E-state index in [1.165, 1.54) is 38.5 Å². The van der Waals surface area contributed by atoms with Crippen molar-refractivity contribution in [1.29, 1.82) is 0 Å². The van der Waals surface area contributed by atoms with Crippen LogP contribution in [-0.2, 0) is 9.53 Å². The van der Waals surface area contributed by atoms with Crippen LogP contribution in [0.4, 0.5) is 0 Å². The summed E-state index contributed by atoms with van der Waals surface area (Å²) in [5.41, 5.74) is 0. The Morgan fingerprint density at radius 1 is 0.741 bits per heavy atom. The molecule has 27 heavy (non-hydrogen) atoms. The van der Waals surface area contributed by atoms with E-state index in [4.69, 9.17) is 4.74 Å². The van der Waals surface area contributed by atoms with Crippen molar-refractivity contribution in [2.45, 2.75) is 104 Å². The van der Waals surface area contributed by atoms with E-state index in [-0.39, 0.29) is 11.9 Å². The summed E-state index contributed by atoms with van der Waals surface area (Å²) in [5, 5.41) is 0. The fourth-order valence-corrected chi connectivity index (χ4v) is 3.18. The fraction of sp³-hybridized carbons (Fsp3) is 0.720. The van der Waals surface area contributed by atoms with Crippen LogP contribution in [0.15, 0.2) is 36.5 Å². The third-order valence-electron chi connectivity index (χ3n) is 4.71. The fourth-order valence-electron chi connectivity index (χ4n) is 3.18. The predicted molar refractivity (Wildman–Crippen MR) is 119 cm³/mol. The van der Waals surface area contributed by atoms with Gasteiger partial charge in [-0.1, -0.05) is 88.8 Å². The third-order valence-corrected chi connectivity index (χ3v) is 4.71. The summed E-state index contributed by atoms with van der Waals surface area (Å²) < 4.78 is 5.18. The van der Waals surface area contributed by atoms with E-state index >= 15 is 0 Å². The number of carbonyl (C=O) groups excluding carboxylic acids is 1. The Kier molecular flexibility index (Phi) is 20.0. The van der Waals surface area contributed by atoms with E-state index in [0.29, 0.717) is 6.61 Å². The second kappa shape index (κ2) is 21.0. The molecule has 0 bridgehead atoms. The Bertz CT molecular complexity index is 407. The molecular weight excluding hydrogens is 332 g/mol. The van der Waals surface area contributed by atoms with Crippen LogP contribution in [0.25, 0.3) is 0 Å². The lowest BCUT2D eigenvalue weighted by molar-refractivity contribution is -0.148. The number of hydrogen-bond donors (Lipinski definition) is 0. The van der Waals surface area contributed by atoms with Crippen LogP contribution >= 0.6 is 0 Å². The van der Waals surface area contributed by atoms with E-state index in [2.05, 4.69) is 50.3 Å². The lowest BCUT2D eigenvalue weighted by atomic mass is 9.96. The quantitative estimate of drug-likeness (QED) is 0.138. The van der Waals surface area contributed by atoms with Gasteiger partial charge in [0, 0.05) is 0 Å². The molecule has 0 aromatic heterocycles. The molecular formula is C25H44O2. The SMILES string of the molecule is CCC=CCC=CCC=CCCCCCCCCC(CCC)C(=O)OCC. The maximum absolute atomic E-state index is 11.9. The van der Waals surface area contributed by atoms with Crippen LogP contribution in [0.3, 0.4) is 0 Å². The van der Waals surface area contributed by atoms with Crippen LogP contribution in [-0.4, -0.2) is 12.6 Å². The normalized spacial score (nSPS) is 13.1. The molecule has 0 aromatic rings. The van der Waals surface area contributed by atoms with Crippen LogP contribution in [0, 0.1) is 5.92 Å². The van der Waals surface area contributed by atoms with Crippen LogP contribution < -0.4 is 0 Å². The highest BCUT2D eigenvalue weighted by molar-refractivity contribution is 5.72. The summed E-state index contributed by atoms with van der Waals surface area (Å²) in [6.45, 7) is 6.69. The number of hydrogen-bond acceptors (Lipinski definition) is 2. The van der Waals surface area contributed by atoms with Gasteiger partial charge in [0.2, 0.25) is 0 Å². The molecule has 2 heteroatoms. The number of ether oxygens (including phenoxy) is 1. The second-order valence-corrected chi connectivity index (χ2v) is 7.23. The molecule has 1 unspecified atom stereocenters. The van der Waals surface area contributed by atoms with Gasteiger partial charge in [0.1, 0.15) is 0 Å². The van der Waals surface area contributed by atoms with Crippen LogP contribution in [0.1, 0.15) is 104 Å². The van der Waals surface area contributed by atoms with Gasteiger partial charge in [-0.25, -0.2) is 0 Å². The molecule has 0 aliphatic heterocycles. The van der Waals surface area contributed by atoms with Crippen molar-refractivity contribution in [3.63, 3.8) is 0 Å². The first-order chi connectivity index (χ1) is 13.3. The van der Waals surface area contributed by atoms with Crippen molar-refractivity contribution in [3.8, 4) is 0 Å². The van der Waals surface area contributed by atoms with E-state index in [9.17, 15) is 4.79 Å². The average molecular weight is 377 g/mol. The van der Waals surface area contributed by atoms with Gasteiger partial charge in [0.15, 0.2) is 0 Å². The highest BCUT2D eigenvalue weighted by Gasteiger charge is 2.17. The topological polar surface area (TPSA) is 26.3 Å². The molecule has 2 nitrogen and oxygen atoms in total. The first kappa shape index (κ1) is 25.7. The van der Waals surface area contributed by atoms with Crippen molar-refractivity contribution in [2.75, 3.05) is 6.61 Å². The van der Waals surface area contributed by atoms with E-state index < -0.39 is 0 Å². The monoisotopic (exact) mass is 376 g/mol. The highest BCUT2D eigenvalue weighted by atomic mass is 16.5. The number of rotatable bonds is 18. The Balaban J connectivity index is 3.51. The molecule has 0 saturated heterocycles. The molecule has 0 radical (unpaired) electrons. The maximum Gasteiger partial charge on any atom is 0.308 e. The van der Waals surface area contributed by atoms with Gasteiger partial charge in [0.25, 0.3) is 0 Å². The molecule has 156 valence electrons. The molecule has 0 N–H and O–H groups in total. The van der Waals surface area contributed by atoms with E-state index in [0.717, 1.165) is 44.9 Å². The lowest BCUT2D eigenvalue weighted by Gasteiger charge is -2.14. The van der Waals surface area contributed by atoms with Crippen LogP contribution in [0.2, 0.25) is 0 Å². The van der Waals surface area contributed by atoms with Gasteiger partial charge in [-0.15, -0.1) is 0 Å². The lowest BCUT2D eigenvalue weighted by Crippen LogP contribution is -2.17. The molecule has 0 spiro atoms. The molecule has 0 heterocycles. The number of allylic oxidation sites excluding steroid dienone is 6. The summed E-state index contributed by atoms with van der Waals surface area (Å²) in [5.74, 6) is 0.134. The van der Waals surface area contributed by atoms with Gasteiger partial charge in [-0.05, 0) is 51.9 Å². The molecule has 0 amide bonds. The minimum absolute atomic E-state index is 0.0124. The summed E-state index contributed by atoms with van der Waals surface area (Å²) in [4.78, 5) is 11.9. The summed E-state index contributed by atoms with van der Waals surface area (Å²) in [7, 11) is 0. The zero-order chi connectivity index (χ0) is 20.0. The van der Waals surface area contributed by atoms with Gasteiger partial charge in [0.05, 0.1) is 12.5 Å². The largest absolute Gasteiger partial charge is 0.466 e. The zero-order valence-corrected chi connectivity index (χ0v) is 18.3. The number of esters is 1. The molecule has 0 aliphatic carbocycles. The van der Waals surface area contributed by atoms with Gasteiger partial charge < -0.3 is 4.74 Å². The minimum atomic E-state index is 0.0124. The maximum atomic E-state index is 11.9.